The summed E-state index contributed by atoms with van der Waals surface area (Å²) in [5.74, 6) is 0. The normalized spacial score (nSPS) is 20.5. The molecule has 0 aromatic heterocycles. The van der Waals surface area contributed by atoms with Gasteiger partial charge in [0.1, 0.15) is 0 Å². The zero-order valence-electron chi connectivity index (χ0n) is 11.4. The fourth-order valence-corrected chi connectivity index (χ4v) is 2.87. The number of alkyl halides is 3. The minimum Gasteiger partial charge on any atom is -0.367 e. The summed E-state index contributed by atoms with van der Waals surface area (Å²) in [5, 5.41) is 3.14. The van der Waals surface area contributed by atoms with Crippen LogP contribution in [0, 0.1) is 0 Å². The van der Waals surface area contributed by atoms with Crippen LogP contribution in [0.5, 0.6) is 0 Å². The standard InChI is InChI=1S/C14H19F3N2/c1-4-19-12-7-5-6-11(14(15,16)17)10(12)8-13(19)9(2)18-3/h5-7,9,13,18H,4,8H2,1-3H3. The molecule has 2 nitrogen and oxygen atoms in total. The van der Waals surface area contributed by atoms with Gasteiger partial charge in [0.15, 0.2) is 0 Å². The summed E-state index contributed by atoms with van der Waals surface area (Å²) in [6.07, 6.45) is -3.83. The van der Waals surface area contributed by atoms with Gasteiger partial charge in [0, 0.05) is 24.3 Å². The molecular formula is C14H19F3N2. The van der Waals surface area contributed by atoms with E-state index in [-0.39, 0.29) is 12.1 Å². The van der Waals surface area contributed by atoms with Crippen molar-refractivity contribution in [3.63, 3.8) is 0 Å². The van der Waals surface area contributed by atoms with Crippen LogP contribution in [0.4, 0.5) is 18.9 Å². The smallest absolute Gasteiger partial charge is 0.367 e. The van der Waals surface area contributed by atoms with E-state index in [1.807, 2.05) is 20.9 Å². The molecule has 2 rings (SSSR count). The van der Waals surface area contributed by atoms with Crippen LogP contribution in [0.1, 0.15) is 25.0 Å². The molecule has 1 aromatic carbocycles. The SMILES string of the molecule is CCN1c2cccc(C(F)(F)F)c2CC1C(C)NC. The largest absolute Gasteiger partial charge is 0.416 e. The summed E-state index contributed by atoms with van der Waals surface area (Å²) < 4.78 is 39.2. The molecule has 1 aliphatic heterocycles. The molecule has 0 spiro atoms. The van der Waals surface area contributed by atoms with Gasteiger partial charge >= 0.3 is 6.18 Å². The van der Waals surface area contributed by atoms with Gasteiger partial charge in [0.25, 0.3) is 0 Å². The van der Waals surface area contributed by atoms with Crippen molar-refractivity contribution < 1.29 is 13.2 Å². The van der Waals surface area contributed by atoms with Crippen LogP contribution < -0.4 is 10.2 Å². The van der Waals surface area contributed by atoms with Crippen LogP contribution >= 0.6 is 0 Å². The molecule has 0 radical (unpaired) electrons. The first kappa shape index (κ1) is 14.2. The molecule has 0 fully saturated rings. The molecule has 2 atom stereocenters. The number of hydrogen-bond acceptors (Lipinski definition) is 2. The zero-order valence-corrected chi connectivity index (χ0v) is 11.4. The van der Waals surface area contributed by atoms with E-state index < -0.39 is 11.7 Å². The van der Waals surface area contributed by atoms with Crippen LogP contribution in [-0.2, 0) is 12.6 Å². The quantitative estimate of drug-likeness (QED) is 0.909. The monoisotopic (exact) mass is 272 g/mol. The van der Waals surface area contributed by atoms with Gasteiger partial charge in [-0.05, 0) is 45.0 Å². The van der Waals surface area contributed by atoms with Gasteiger partial charge < -0.3 is 10.2 Å². The Morgan fingerprint density at radius 1 is 1.42 bits per heavy atom. The third-order valence-electron chi connectivity index (χ3n) is 3.95. The summed E-state index contributed by atoms with van der Waals surface area (Å²) in [5.41, 5.74) is 0.669. The van der Waals surface area contributed by atoms with E-state index in [0.717, 1.165) is 5.69 Å². The molecule has 0 aliphatic carbocycles. The number of rotatable bonds is 3. The Balaban J connectivity index is 2.46. The Morgan fingerprint density at radius 3 is 2.63 bits per heavy atom. The first-order valence-corrected chi connectivity index (χ1v) is 6.53. The average molecular weight is 272 g/mol. The number of likely N-dealkylation sites (N-methyl/N-ethyl adjacent to an activating group) is 2. The first-order valence-electron chi connectivity index (χ1n) is 6.53. The highest BCUT2D eigenvalue weighted by molar-refractivity contribution is 5.63. The van der Waals surface area contributed by atoms with E-state index in [4.69, 9.17) is 0 Å². The lowest BCUT2D eigenvalue weighted by Gasteiger charge is -2.30. The van der Waals surface area contributed by atoms with E-state index in [1.54, 1.807) is 6.07 Å². The number of benzene rings is 1. The zero-order chi connectivity index (χ0) is 14.2. The minimum atomic E-state index is -4.28. The van der Waals surface area contributed by atoms with E-state index in [1.165, 1.54) is 12.1 Å². The molecule has 1 aliphatic rings. The number of halogens is 3. The highest BCUT2D eigenvalue weighted by atomic mass is 19.4. The second-order valence-corrected chi connectivity index (χ2v) is 4.94. The highest BCUT2D eigenvalue weighted by Gasteiger charge is 2.40. The molecular weight excluding hydrogens is 253 g/mol. The van der Waals surface area contributed by atoms with E-state index in [9.17, 15) is 13.2 Å². The molecule has 0 saturated heterocycles. The first-order chi connectivity index (χ1) is 8.90. The average Bonchev–Trinajstić information content (AvgIpc) is 2.74. The number of nitrogens with one attached hydrogen (secondary N) is 1. The lowest BCUT2D eigenvalue weighted by Crippen LogP contribution is -2.45. The fraction of sp³-hybridized carbons (Fsp3) is 0.571. The maximum atomic E-state index is 13.1. The third kappa shape index (κ3) is 2.43. The second kappa shape index (κ2) is 5.04. The van der Waals surface area contributed by atoms with Crippen molar-refractivity contribution >= 4 is 5.69 Å². The Hall–Kier alpha value is -1.23. The van der Waals surface area contributed by atoms with E-state index in [2.05, 4.69) is 10.2 Å². The van der Waals surface area contributed by atoms with Gasteiger partial charge in [-0.25, -0.2) is 0 Å². The van der Waals surface area contributed by atoms with Crippen molar-refractivity contribution in [3.8, 4) is 0 Å². The molecule has 106 valence electrons. The van der Waals surface area contributed by atoms with Gasteiger partial charge in [0.2, 0.25) is 0 Å². The van der Waals surface area contributed by atoms with Crippen LogP contribution in [-0.4, -0.2) is 25.7 Å². The Labute approximate surface area is 111 Å². The Kier molecular flexibility index (Phi) is 3.76. The van der Waals surface area contributed by atoms with E-state index in [0.29, 0.717) is 18.5 Å². The maximum Gasteiger partial charge on any atom is 0.416 e. The van der Waals surface area contributed by atoms with Crippen LogP contribution in [0.2, 0.25) is 0 Å². The molecule has 0 amide bonds. The summed E-state index contributed by atoms with van der Waals surface area (Å²) in [4.78, 5) is 2.06. The second-order valence-electron chi connectivity index (χ2n) is 4.94. The molecule has 1 N–H and O–H groups in total. The maximum absolute atomic E-state index is 13.1. The van der Waals surface area contributed by atoms with Gasteiger partial charge in [-0.15, -0.1) is 0 Å². The summed E-state index contributed by atoms with van der Waals surface area (Å²) in [7, 11) is 1.84. The molecule has 5 heteroatoms. The van der Waals surface area contributed by atoms with Crippen molar-refractivity contribution in [1.29, 1.82) is 0 Å². The van der Waals surface area contributed by atoms with Gasteiger partial charge in [0.05, 0.1) is 5.56 Å². The summed E-state index contributed by atoms with van der Waals surface area (Å²) >= 11 is 0. The van der Waals surface area contributed by atoms with Gasteiger partial charge in [-0.3, -0.25) is 0 Å². The van der Waals surface area contributed by atoms with Crippen molar-refractivity contribution in [2.45, 2.75) is 38.5 Å². The van der Waals surface area contributed by atoms with Gasteiger partial charge in [-0.2, -0.15) is 13.2 Å². The molecule has 0 bridgehead atoms. The number of hydrogen-bond donors (Lipinski definition) is 1. The Morgan fingerprint density at radius 2 is 2.11 bits per heavy atom. The summed E-state index contributed by atoms with van der Waals surface area (Å²) in [6.45, 7) is 4.70. The number of anilines is 1. The molecule has 2 unspecified atom stereocenters. The van der Waals surface area contributed by atoms with Crippen molar-refractivity contribution in [1.82, 2.24) is 5.32 Å². The fourth-order valence-electron chi connectivity index (χ4n) is 2.87. The molecule has 1 heterocycles. The highest BCUT2D eigenvalue weighted by Crippen LogP contribution is 2.41. The molecule has 0 saturated carbocycles. The predicted molar refractivity (Wildman–Crippen MR) is 70.5 cm³/mol. The van der Waals surface area contributed by atoms with Crippen molar-refractivity contribution in [2.24, 2.45) is 0 Å². The molecule has 1 aromatic rings. The lowest BCUT2D eigenvalue weighted by atomic mass is 10.00. The van der Waals surface area contributed by atoms with Crippen molar-refractivity contribution in [2.75, 3.05) is 18.5 Å². The minimum absolute atomic E-state index is 0.0773. The topological polar surface area (TPSA) is 15.3 Å². The number of nitrogens with zero attached hydrogens (tertiary/aromatic N) is 1. The third-order valence-corrected chi connectivity index (χ3v) is 3.95. The van der Waals surface area contributed by atoms with Crippen LogP contribution in [0.25, 0.3) is 0 Å². The van der Waals surface area contributed by atoms with E-state index >= 15 is 0 Å². The van der Waals surface area contributed by atoms with Gasteiger partial charge in [-0.1, -0.05) is 6.07 Å². The predicted octanol–water partition coefficient (Wildman–Crippen LogP) is 3.06. The summed E-state index contributed by atoms with van der Waals surface area (Å²) in [6, 6.07) is 4.69. The number of fused-ring (bicyclic) bond motifs is 1. The lowest BCUT2D eigenvalue weighted by molar-refractivity contribution is -0.138. The van der Waals surface area contributed by atoms with Crippen LogP contribution in [0.3, 0.4) is 0 Å². The van der Waals surface area contributed by atoms with Crippen LogP contribution in [0.15, 0.2) is 18.2 Å². The van der Waals surface area contributed by atoms with Crippen molar-refractivity contribution in [3.05, 3.63) is 29.3 Å². The Bertz CT molecular complexity index is 456. The molecule has 19 heavy (non-hydrogen) atoms.